The number of rotatable bonds is 3. The highest BCUT2D eigenvalue weighted by Gasteiger charge is 2.25. The minimum atomic E-state index is -2.90. The van der Waals surface area contributed by atoms with Crippen molar-refractivity contribution in [3.63, 3.8) is 0 Å². The lowest BCUT2D eigenvalue weighted by atomic mass is 10.2. The van der Waals surface area contributed by atoms with Crippen molar-refractivity contribution in [3.05, 3.63) is 35.9 Å². The summed E-state index contributed by atoms with van der Waals surface area (Å²) in [4.78, 5) is 11.6. The van der Waals surface area contributed by atoms with Gasteiger partial charge in [0.05, 0.1) is 23.0 Å². The highest BCUT2D eigenvalue weighted by Crippen LogP contribution is 2.12. The van der Waals surface area contributed by atoms with Crippen molar-refractivity contribution in [1.82, 2.24) is 5.32 Å². The third-order valence-corrected chi connectivity index (χ3v) is 8.12. The van der Waals surface area contributed by atoms with Crippen molar-refractivity contribution in [2.45, 2.75) is 44.4 Å². The maximum Gasteiger partial charge on any atom is 0.407 e. The molecule has 158 valence electrons. The molecule has 1 amide bonds. The monoisotopic (exact) mass is 432 g/mol. The first kappa shape index (κ1) is 22.6. The van der Waals surface area contributed by atoms with Crippen LogP contribution in [0.15, 0.2) is 30.3 Å². The van der Waals surface area contributed by atoms with Gasteiger partial charge in [-0.15, -0.1) is 0 Å². The number of ether oxygens (including phenoxy) is 1. The standard InChI is InChI=1S/C13H17NO4S.C5H11NO2S/c15-13(18-10-11-4-2-1-3-5-11)14-12-6-8-19(16,17)9-7-12;6-5-1-3-9(7,8)4-2-5/h1-5,12H,6-10H2,(H,14,15);5H,1-4,6H2. The van der Waals surface area contributed by atoms with Crippen LogP contribution in [0.25, 0.3) is 0 Å². The molecule has 2 saturated heterocycles. The fourth-order valence-corrected chi connectivity index (χ4v) is 5.89. The Labute approximate surface area is 166 Å². The van der Waals surface area contributed by atoms with Gasteiger partial charge in [-0.05, 0) is 31.2 Å². The fourth-order valence-electron chi connectivity index (χ4n) is 2.87. The Bertz CT molecular complexity index is 812. The molecule has 10 heteroatoms. The van der Waals surface area contributed by atoms with Crippen molar-refractivity contribution >= 4 is 25.8 Å². The maximum atomic E-state index is 11.6. The number of benzene rings is 1. The molecule has 28 heavy (non-hydrogen) atoms. The molecule has 0 unspecified atom stereocenters. The van der Waals surface area contributed by atoms with E-state index in [9.17, 15) is 21.6 Å². The van der Waals surface area contributed by atoms with Crippen LogP contribution in [0.4, 0.5) is 4.79 Å². The molecule has 8 nitrogen and oxygen atoms in total. The van der Waals surface area contributed by atoms with Gasteiger partial charge in [-0.25, -0.2) is 21.6 Å². The highest BCUT2D eigenvalue weighted by molar-refractivity contribution is 7.91. The van der Waals surface area contributed by atoms with E-state index in [1.165, 1.54) is 0 Å². The predicted molar refractivity (Wildman–Crippen MR) is 107 cm³/mol. The van der Waals surface area contributed by atoms with Crippen LogP contribution < -0.4 is 11.1 Å². The molecule has 0 radical (unpaired) electrons. The van der Waals surface area contributed by atoms with E-state index in [0.717, 1.165) is 5.56 Å². The first-order valence-corrected chi connectivity index (χ1v) is 12.9. The van der Waals surface area contributed by atoms with Gasteiger partial charge in [0.1, 0.15) is 26.3 Å². The van der Waals surface area contributed by atoms with Gasteiger partial charge in [0.25, 0.3) is 0 Å². The zero-order valence-electron chi connectivity index (χ0n) is 15.7. The number of hydrogen-bond donors (Lipinski definition) is 2. The molecule has 2 aliphatic rings. The summed E-state index contributed by atoms with van der Waals surface area (Å²) in [6.45, 7) is 0.220. The molecule has 0 aliphatic carbocycles. The van der Waals surface area contributed by atoms with Gasteiger partial charge in [-0.2, -0.15) is 0 Å². The number of nitrogens with one attached hydrogen (secondary N) is 1. The van der Waals surface area contributed by atoms with Crippen LogP contribution in [-0.4, -0.2) is 58.0 Å². The predicted octanol–water partition coefficient (Wildman–Crippen LogP) is 1.01. The number of carbonyl (C=O) groups excluding carboxylic acids is 1. The molecule has 0 aromatic heterocycles. The van der Waals surface area contributed by atoms with E-state index in [0.29, 0.717) is 25.7 Å². The van der Waals surface area contributed by atoms with Gasteiger partial charge in [-0.1, -0.05) is 30.3 Å². The number of nitrogens with two attached hydrogens (primary N) is 1. The van der Waals surface area contributed by atoms with Crippen LogP contribution in [0.2, 0.25) is 0 Å². The third-order valence-electron chi connectivity index (χ3n) is 4.69. The summed E-state index contributed by atoms with van der Waals surface area (Å²) in [6, 6.07) is 9.42. The lowest BCUT2D eigenvalue weighted by Gasteiger charge is -2.22. The molecule has 2 aliphatic heterocycles. The third kappa shape index (κ3) is 8.57. The van der Waals surface area contributed by atoms with E-state index in [1.54, 1.807) is 0 Å². The summed E-state index contributed by atoms with van der Waals surface area (Å²) < 4.78 is 49.1. The van der Waals surface area contributed by atoms with Crippen LogP contribution in [0.3, 0.4) is 0 Å². The van der Waals surface area contributed by atoms with E-state index in [2.05, 4.69) is 5.32 Å². The Kier molecular flexibility index (Phi) is 8.26. The molecule has 0 spiro atoms. The van der Waals surface area contributed by atoms with Crippen LogP contribution >= 0.6 is 0 Å². The first-order chi connectivity index (χ1) is 13.2. The average molecular weight is 433 g/mol. The Hall–Kier alpha value is -1.65. The largest absolute Gasteiger partial charge is 0.445 e. The summed E-state index contributed by atoms with van der Waals surface area (Å²) in [5.41, 5.74) is 6.41. The lowest BCUT2D eigenvalue weighted by molar-refractivity contribution is 0.135. The summed E-state index contributed by atoms with van der Waals surface area (Å²) in [6.07, 6.45) is 1.71. The summed E-state index contributed by atoms with van der Waals surface area (Å²) in [5, 5.41) is 2.70. The van der Waals surface area contributed by atoms with Crippen molar-refractivity contribution in [2.75, 3.05) is 23.0 Å². The van der Waals surface area contributed by atoms with Gasteiger partial charge in [0.15, 0.2) is 0 Å². The van der Waals surface area contributed by atoms with Crippen LogP contribution in [0, 0.1) is 0 Å². The molecule has 1 aromatic carbocycles. The zero-order chi connectivity index (χ0) is 20.6. The molecular weight excluding hydrogens is 404 g/mol. The molecule has 2 heterocycles. The fraction of sp³-hybridized carbons (Fsp3) is 0.611. The minimum absolute atomic E-state index is 0.105. The minimum Gasteiger partial charge on any atom is -0.445 e. The van der Waals surface area contributed by atoms with Crippen molar-refractivity contribution in [3.8, 4) is 0 Å². The number of sulfone groups is 2. The highest BCUT2D eigenvalue weighted by atomic mass is 32.2. The maximum absolute atomic E-state index is 11.6. The molecule has 0 saturated carbocycles. The van der Waals surface area contributed by atoms with Crippen LogP contribution in [0.5, 0.6) is 0 Å². The molecule has 1 aromatic rings. The smallest absolute Gasteiger partial charge is 0.407 e. The molecular formula is C18H28N2O6S2. The van der Waals surface area contributed by atoms with E-state index in [1.807, 2.05) is 30.3 Å². The molecule has 0 atom stereocenters. The van der Waals surface area contributed by atoms with Crippen LogP contribution in [0.1, 0.15) is 31.2 Å². The topological polar surface area (TPSA) is 133 Å². The zero-order valence-corrected chi connectivity index (χ0v) is 17.4. The van der Waals surface area contributed by atoms with Gasteiger partial charge in [-0.3, -0.25) is 0 Å². The Morgan fingerprint density at radius 1 is 0.929 bits per heavy atom. The van der Waals surface area contributed by atoms with E-state index < -0.39 is 25.8 Å². The van der Waals surface area contributed by atoms with E-state index >= 15 is 0 Å². The van der Waals surface area contributed by atoms with Crippen molar-refractivity contribution in [2.24, 2.45) is 5.73 Å². The number of alkyl carbamates (subject to hydrolysis) is 1. The quantitative estimate of drug-likeness (QED) is 0.728. The number of hydrogen-bond acceptors (Lipinski definition) is 7. The normalized spacial score (nSPS) is 21.8. The van der Waals surface area contributed by atoms with Crippen molar-refractivity contribution in [1.29, 1.82) is 0 Å². The summed E-state index contributed by atoms with van der Waals surface area (Å²) in [7, 11) is -5.59. The first-order valence-electron chi connectivity index (χ1n) is 9.29. The van der Waals surface area contributed by atoms with Gasteiger partial charge in [0, 0.05) is 12.1 Å². The number of carbonyl (C=O) groups is 1. The Morgan fingerprint density at radius 3 is 1.93 bits per heavy atom. The van der Waals surface area contributed by atoms with E-state index in [4.69, 9.17) is 10.5 Å². The lowest BCUT2D eigenvalue weighted by Crippen LogP contribution is -2.41. The second-order valence-electron chi connectivity index (χ2n) is 7.12. The van der Waals surface area contributed by atoms with Gasteiger partial charge < -0.3 is 15.8 Å². The van der Waals surface area contributed by atoms with Gasteiger partial charge >= 0.3 is 6.09 Å². The van der Waals surface area contributed by atoms with Gasteiger partial charge in [0.2, 0.25) is 0 Å². The van der Waals surface area contributed by atoms with E-state index in [-0.39, 0.29) is 41.7 Å². The molecule has 2 fully saturated rings. The van der Waals surface area contributed by atoms with Crippen LogP contribution in [-0.2, 0) is 31.0 Å². The summed E-state index contributed by atoms with van der Waals surface area (Å²) >= 11 is 0. The Balaban J connectivity index is 0.000000261. The summed E-state index contributed by atoms with van der Waals surface area (Å²) in [5.74, 6) is 0.843. The number of amides is 1. The second-order valence-corrected chi connectivity index (χ2v) is 11.7. The average Bonchev–Trinajstić information content (AvgIpc) is 2.66. The SMILES string of the molecule is NC1CCS(=O)(=O)CC1.O=C(NC1CCS(=O)(=O)CC1)OCc1ccccc1. The molecule has 3 N–H and O–H groups in total. The molecule has 3 rings (SSSR count). The molecule has 0 bridgehead atoms. The Morgan fingerprint density at radius 2 is 1.43 bits per heavy atom. The second kappa shape index (κ2) is 10.2. The van der Waals surface area contributed by atoms with Crippen molar-refractivity contribution < 1.29 is 26.4 Å².